The van der Waals surface area contributed by atoms with Crippen molar-refractivity contribution in [1.29, 1.82) is 0 Å². The summed E-state index contributed by atoms with van der Waals surface area (Å²) in [6.07, 6.45) is 3.29. The molecular weight excluding hydrogens is 468 g/mol. The van der Waals surface area contributed by atoms with Crippen LogP contribution in [0.15, 0.2) is 57.8 Å². The van der Waals surface area contributed by atoms with E-state index in [1.54, 1.807) is 36.4 Å². The van der Waals surface area contributed by atoms with E-state index in [2.05, 4.69) is 9.44 Å². The Kier molecular flexibility index (Phi) is 6.46. The van der Waals surface area contributed by atoms with Gasteiger partial charge in [-0.1, -0.05) is 18.2 Å². The van der Waals surface area contributed by atoms with E-state index in [1.165, 1.54) is 12.1 Å². The standard InChI is InChI=1S/C22H24N2O7S2/c25-22(26)19(12-13-32(27,28)23-15-6-2-1-3-7-15)24-33(29,30)16-10-11-18-17-8-4-5-9-20(17)31-21(18)14-16/h1-3,6-7,10-11,14,19,23-24H,4-5,8-9,12-13H2,(H,25,26)/t19-/m1/s1. The van der Waals surface area contributed by atoms with Crippen LogP contribution in [0.3, 0.4) is 0 Å². The number of furan rings is 1. The first-order valence-corrected chi connectivity index (χ1v) is 13.6. The summed E-state index contributed by atoms with van der Waals surface area (Å²) in [6, 6.07) is 11.0. The van der Waals surface area contributed by atoms with Crippen LogP contribution in [0, 0.1) is 0 Å². The largest absolute Gasteiger partial charge is 0.480 e. The molecule has 9 nitrogen and oxygen atoms in total. The lowest BCUT2D eigenvalue weighted by Gasteiger charge is -2.15. The number of hydrogen-bond acceptors (Lipinski definition) is 6. The highest BCUT2D eigenvalue weighted by molar-refractivity contribution is 7.92. The van der Waals surface area contributed by atoms with E-state index in [4.69, 9.17) is 4.42 Å². The molecule has 1 heterocycles. The van der Waals surface area contributed by atoms with Crippen molar-refractivity contribution in [2.24, 2.45) is 0 Å². The Labute approximate surface area is 191 Å². The van der Waals surface area contributed by atoms with Crippen LogP contribution >= 0.6 is 0 Å². The van der Waals surface area contributed by atoms with Crippen LogP contribution < -0.4 is 9.44 Å². The minimum Gasteiger partial charge on any atom is -0.480 e. The van der Waals surface area contributed by atoms with Crippen LogP contribution in [-0.2, 0) is 37.7 Å². The summed E-state index contributed by atoms with van der Waals surface area (Å²) in [4.78, 5) is 11.5. The summed E-state index contributed by atoms with van der Waals surface area (Å²) < 4.78 is 60.6. The van der Waals surface area contributed by atoms with Crippen LogP contribution in [0.4, 0.5) is 5.69 Å². The predicted molar refractivity (Wildman–Crippen MR) is 123 cm³/mol. The lowest BCUT2D eigenvalue weighted by molar-refractivity contribution is -0.139. The van der Waals surface area contributed by atoms with Gasteiger partial charge in [0.05, 0.1) is 10.6 Å². The molecule has 4 rings (SSSR count). The van der Waals surface area contributed by atoms with Crippen LogP contribution in [-0.4, -0.2) is 39.7 Å². The van der Waals surface area contributed by atoms with Gasteiger partial charge in [-0.25, -0.2) is 16.8 Å². The fourth-order valence-electron chi connectivity index (χ4n) is 3.91. The molecule has 3 aromatic rings. The van der Waals surface area contributed by atoms with Gasteiger partial charge < -0.3 is 9.52 Å². The average molecular weight is 493 g/mol. The Morgan fingerprint density at radius 3 is 2.48 bits per heavy atom. The highest BCUT2D eigenvalue weighted by Crippen LogP contribution is 2.33. The topological polar surface area (TPSA) is 143 Å². The molecule has 1 aliphatic carbocycles. The van der Waals surface area contributed by atoms with E-state index in [0.29, 0.717) is 11.3 Å². The van der Waals surface area contributed by atoms with E-state index in [9.17, 15) is 26.7 Å². The first-order chi connectivity index (χ1) is 15.6. The Hall–Kier alpha value is -2.89. The lowest BCUT2D eigenvalue weighted by atomic mass is 9.96. The van der Waals surface area contributed by atoms with Crippen molar-refractivity contribution in [3.63, 3.8) is 0 Å². The number of para-hydroxylation sites is 1. The maximum absolute atomic E-state index is 12.9. The maximum Gasteiger partial charge on any atom is 0.321 e. The van der Waals surface area contributed by atoms with Crippen molar-refractivity contribution in [2.45, 2.75) is 43.0 Å². The predicted octanol–water partition coefficient (Wildman–Crippen LogP) is 2.88. The van der Waals surface area contributed by atoms with Crippen LogP contribution in [0.2, 0.25) is 0 Å². The summed E-state index contributed by atoms with van der Waals surface area (Å²) >= 11 is 0. The van der Waals surface area contributed by atoms with Gasteiger partial charge in [0.15, 0.2) is 0 Å². The molecule has 1 aromatic heterocycles. The van der Waals surface area contributed by atoms with Gasteiger partial charge >= 0.3 is 5.97 Å². The molecule has 0 unspecified atom stereocenters. The number of sulfonamides is 2. The van der Waals surface area contributed by atoms with Crippen LogP contribution in [0.1, 0.15) is 30.6 Å². The Morgan fingerprint density at radius 2 is 1.76 bits per heavy atom. The second kappa shape index (κ2) is 9.16. The summed E-state index contributed by atoms with van der Waals surface area (Å²) in [6.45, 7) is 0. The van der Waals surface area contributed by atoms with Gasteiger partial charge in [-0.3, -0.25) is 9.52 Å². The molecule has 11 heteroatoms. The molecule has 0 aliphatic heterocycles. The number of hydrogen-bond donors (Lipinski definition) is 3. The fourth-order valence-corrected chi connectivity index (χ4v) is 6.29. The van der Waals surface area contributed by atoms with Crippen molar-refractivity contribution in [2.75, 3.05) is 10.5 Å². The number of benzene rings is 2. The third-order valence-electron chi connectivity index (χ3n) is 5.56. The molecule has 2 aromatic carbocycles. The van der Waals surface area contributed by atoms with Gasteiger partial charge in [0.25, 0.3) is 0 Å². The molecular formula is C22H24N2O7S2. The number of nitrogens with one attached hydrogen (secondary N) is 2. The zero-order chi connectivity index (χ0) is 23.6. The van der Waals surface area contributed by atoms with Gasteiger partial charge in [-0.15, -0.1) is 0 Å². The third kappa shape index (κ3) is 5.37. The Morgan fingerprint density at radius 1 is 1.03 bits per heavy atom. The lowest BCUT2D eigenvalue weighted by Crippen LogP contribution is -2.42. The third-order valence-corrected chi connectivity index (χ3v) is 8.35. The van der Waals surface area contributed by atoms with Gasteiger partial charge in [0, 0.05) is 29.1 Å². The van der Waals surface area contributed by atoms with Crippen molar-refractivity contribution >= 4 is 42.7 Å². The molecule has 33 heavy (non-hydrogen) atoms. The summed E-state index contributed by atoms with van der Waals surface area (Å²) in [5.41, 5.74) is 1.86. The first kappa shape index (κ1) is 23.3. The van der Waals surface area contributed by atoms with Crippen molar-refractivity contribution in [1.82, 2.24) is 4.72 Å². The van der Waals surface area contributed by atoms with Gasteiger partial charge in [-0.05, 0) is 49.9 Å². The van der Waals surface area contributed by atoms with Gasteiger partial charge in [-0.2, -0.15) is 4.72 Å². The summed E-state index contributed by atoms with van der Waals surface area (Å²) in [5, 5.41) is 10.3. The molecule has 176 valence electrons. The quantitative estimate of drug-likeness (QED) is 0.417. The van der Waals surface area contributed by atoms with Crippen molar-refractivity contribution in [3.8, 4) is 0 Å². The summed E-state index contributed by atoms with van der Waals surface area (Å²) in [5.74, 6) is -1.19. The van der Waals surface area contributed by atoms with E-state index in [1.807, 2.05) is 0 Å². The number of carboxylic acids is 1. The second-order valence-electron chi connectivity index (χ2n) is 7.96. The van der Waals surface area contributed by atoms with Crippen molar-refractivity contribution in [3.05, 3.63) is 59.9 Å². The minimum atomic E-state index is -4.23. The number of aliphatic carboxylic acids is 1. The molecule has 0 fully saturated rings. The normalized spacial score (nSPS) is 15.2. The number of anilines is 1. The van der Waals surface area contributed by atoms with Crippen LogP contribution in [0.25, 0.3) is 11.0 Å². The van der Waals surface area contributed by atoms with E-state index in [-0.39, 0.29) is 4.90 Å². The highest BCUT2D eigenvalue weighted by atomic mass is 32.2. The van der Waals surface area contributed by atoms with Gasteiger partial charge in [0.2, 0.25) is 20.0 Å². The minimum absolute atomic E-state index is 0.141. The van der Waals surface area contributed by atoms with E-state index >= 15 is 0 Å². The average Bonchev–Trinajstić information content (AvgIpc) is 3.15. The molecule has 0 amide bonds. The Balaban J connectivity index is 1.49. The molecule has 1 aliphatic rings. The molecule has 3 N–H and O–H groups in total. The van der Waals surface area contributed by atoms with Gasteiger partial charge in [0.1, 0.15) is 17.4 Å². The second-order valence-corrected chi connectivity index (χ2v) is 11.5. The molecule has 0 spiro atoms. The fraction of sp³-hybridized carbons (Fsp3) is 0.318. The number of carboxylic acid groups (broad SMARTS) is 1. The molecule has 1 atom stereocenters. The van der Waals surface area contributed by atoms with Crippen LogP contribution in [0.5, 0.6) is 0 Å². The summed E-state index contributed by atoms with van der Waals surface area (Å²) in [7, 11) is -8.11. The number of rotatable bonds is 9. The molecule has 0 bridgehead atoms. The Bertz CT molecular complexity index is 1380. The zero-order valence-electron chi connectivity index (χ0n) is 17.7. The smallest absolute Gasteiger partial charge is 0.321 e. The van der Waals surface area contributed by atoms with E-state index in [0.717, 1.165) is 42.4 Å². The number of fused-ring (bicyclic) bond motifs is 3. The molecule has 0 saturated heterocycles. The van der Waals surface area contributed by atoms with Crippen molar-refractivity contribution < 1.29 is 31.2 Å². The molecule has 0 radical (unpaired) electrons. The first-order valence-electron chi connectivity index (χ1n) is 10.5. The monoisotopic (exact) mass is 492 g/mol. The molecule has 0 saturated carbocycles. The number of aryl methyl sites for hydroxylation is 2. The number of carbonyl (C=O) groups is 1. The zero-order valence-corrected chi connectivity index (χ0v) is 19.3. The maximum atomic E-state index is 12.9. The SMILES string of the molecule is O=C(O)[C@@H](CCS(=O)(=O)Nc1ccccc1)NS(=O)(=O)c1ccc2c3c(oc2c1)CCCC3. The highest BCUT2D eigenvalue weighted by Gasteiger charge is 2.28. The van der Waals surface area contributed by atoms with E-state index < -0.39 is 44.2 Å².